The van der Waals surface area contributed by atoms with Crippen LogP contribution in [0.4, 0.5) is 5.95 Å². The number of carbonyl (C=O) groups excluding carboxylic acids is 2. The molecule has 19 heteroatoms. The van der Waals surface area contributed by atoms with Crippen LogP contribution in [0.2, 0.25) is 0 Å². The summed E-state index contributed by atoms with van der Waals surface area (Å²) in [5.41, 5.74) is 2.21. The first kappa shape index (κ1) is 59.5. The van der Waals surface area contributed by atoms with E-state index < -0.39 is 38.5 Å². The van der Waals surface area contributed by atoms with Crippen molar-refractivity contribution in [2.24, 2.45) is 5.92 Å². The molecule has 416 valence electrons. The van der Waals surface area contributed by atoms with Crippen LogP contribution in [0.15, 0.2) is 121 Å². The molecule has 5 atom stereocenters. The van der Waals surface area contributed by atoms with Gasteiger partial charge in [0.2, 0.25) is 5.95 Å². The van der Waals surface area contributed by atoms with Crippen LogP contribution in [0.5, 0.6) is 17.2 Å². The standard InChI is InChI=1S/C59H74N7O10PS/c1-9-11-19-43(10-2)37-72-54(68)32-35-78-57-55-56(63-58(64-57)62-52(67)39-71-49-22-16-13-17-23-49)65(40-61-55)53-36-50(76-77(74-34-18-33-60)66(41(3)4)42(5)6)51(75-53)38-73-59(44-20-14-12-15-21-44,45-24-28-47(69-7)29-25-45)46-26-30-48(70-8)31-27-46/h12-17,20-31,40-43,50-51,53H,9-11,18-19,32,34-39H2,1-8H3,(H,62,63,64,67)/t43?,50-,51+,53+,77?/m0/s1. The lowest BCUT2D eigenvalue weighted by atomic mass is 9.80. The lowest BCUT2D eigenvalue weighted by molar-refractivity contribution is -0.144. The third-order valence-corrected chi connectivity index (χ3v) is 16.5. The van der Waals surface area contributed by atoms with Crippen molar-refractivity contribution in [1.29, 1.82) is 5.26 Å². The molecule has 0 aliphatic carbocycles. The van der Waals surface area contributed by atoms with E-state index >= 15 is 0 Å². The van der Waals surface area contributed by atoms with E-state index in [4.69, 9.17) is 52.4 Å². The van der Waals surface area contributed by atoms with Gasteiger partial charge in [-0.15, -0.1) is 11.8 Å². The maximum absolute atomic E-state index is 13.5. The van der Waals surface area contributed by atoms with Crippen LogP contribution in [-0.4, -0.2) is 107 Å². The number of rotatable bonds is 31. The minimum atomic E-state index is -1.74. The summed E-state index contributed by atoms with van der Waals surface area (Å²) in [7, 11) is 1.53. The number of nitriles is 1. The molecule has 1 N–H and O–H groups in total. The van der Waals surface area contributed by atoms with Crippen molar-refractivity contribution < 1.29 is 47.1 Å². The molecule has 0 bridgehead atoms. The van der Waals surface area contributed by atoms with Crippen molar-refractivity contribution in [1.82, 2.24) is 24.2 Å². The first-order chi connectivity index (χ1) is 37.9. The Morgan fingerprint density at radius 1 is 0.885 bits per heavy atom. The van der Waals surface area contributed by atoms with E-state index in [1.54, 1.807) is 32.7 Å². The van der Waals surface area contributed by atoms with Crippen molar-refractivity contribution >= 4 is 49.3 Å². The molecular weight excluding hydrogens is 1030 g/mol. The fraction of sp³-hybridized carbons (Fsp3) is 0.458. The molecule has 7 rings (SSSR count). The van der Waals surface area contributed by atoms with E-state index in [1.807, 2.05) is 102 Å². The number of ether oxygens (including phenoxy) is 6. The van der Waals surface area contributed by atoms with E-state index in [0.29, 0.717) is 58.1 Å². The molecule has 3 heterocycles. The zero-order valence-corrected chi connectivity index (χ0v) is 47.8. The number of para-hydroxylation sites is 1. The van der Waals surface area contributed by atoms with Crippen molar-refractivity contribution in [3.63, 3.8) is 0 Å². The van der Waals surface area contributed by atoms with Crippen LogP contribution >= 0.6 is 20.3 Å². The monoisotopic (exact) mass is 1100 g/mol. The summed E-state index contributed by atoms with van der Waals surface area (Å²) >= 11 is 1.32. The summed E-state index contributed by atoms with van der Waals surface area (Å²) < 4.78 is 55.0. The number of imidazole rings is 1. The van der Waals surface area contributed by atoms with E-state index in [0.717, 1.165) is 42.4 Å². The fourth-order valence-electron chi connectivity index (χ4n) is 9.32. The maximum atomic E-state index is 13.5. The number of methoxy groups -OCH3 is 2. The van der Waals surface area contributed by atoms with Crippen LogP contribution < -0.4 is 19.5 Å². The zero-order chi connectivity index (χ0) is 55.4. The topological polar surface area (TPSA) is 191 Å². The summed E-state index contributed by atoms with van der Waals surface area (Å²) in [4.78, 5) is 41.1. The van der Waals surface area contributed by atoms with Gasteiger partial charge in [0.25, 0.3) is 14.4 Å². The molecule has 1 fully saturated rings. The van der Waals surface area contributed by atoms with Gasteiger partial charge in [0.1, 0.15) is 45.7 Å². The first-order valence-corrected chi connectivity index (χ1v) is 28.9. The van der Waals surface area contributed by atoms with Gasteiger partial charge in [0.15, 0.2) is 12.3 Å². The Kier molecular flexibility index (Phi) is 22.7. The van der Waals surface area contributed by atoms with Gasteiger partial charge in [0.05, 0.1) is 65.4 Å². The van der Waals surface area contributed by atoms with Gasteiger partial charge < -0.3 is 37.5 Å². The molecule has 0 radical (unpaired) electrons. The molecule has 1 amide bonds. The Morgan fingerprint density at radius 3 is 2.13 bits per heavy atom. The summed E-state index contributed by atoms with van der Waals surface area (Å²) in [6.07, 6.45) is 4.33. The van der Waals surface area contributed by atoms with Crippen LogP contribution in [0, 0.1) is 17.2 Å². The molecule has 1 aliphatic heterocycles. The smallest absolute Gasteiger partial charge is 0.306 e. The number of nitrogens with one attached hydrogen (secondary N) is 1. The molecule has 1 aliphatic rings. The molecule has 78 heavy (non-hydrogen) atoms. The van der Waals surface area contributed by atoms with Gasteiger partial charge >= 0.3 is 5.97 Å². The number of aromatic nitrogens is 4. The number of amides is 1. The second-order valence-electron chi connectivity index (χ2n) is 19.4. The lowest BCUT2D eigenvalue weighted by Gasteiger charge is -2.39. The molecule has 2 unspecified atom stereocenters. The number of hydrogen-bond donors (Lipinski definition) is 1. The second-order valence-corrected chi connectivity index (χ2v) is 21.9. The summed E-state index contributed by atoms with van der Waals surface area (Å²) in [6.45, 7) is 12.9. The highest BCUT2D eigenvalue weighted by molar-refractivity contribution is 7.99. The van der Waals surface area contributed by atoms with E-state index in [2.05, 4.69) is 57.6 Å². The summed E-state index contributed by atoms with van der Waals surface area (Å²) in [6, 6.07) is 37.0. The number of fused-ring (bicyclic) bond motifs is 1. The van der Waals surface area contributed by atoms with Gasteiger partial charge in [0, 0.05) is 24.3 Å². The first-order valence-electron chi connectivity index (χ1n) is 26.8. The van der Waals surface area contributed by atoms with Gasteiger partial charge in [-0.3, -0.25) is 19.5 Å². The zero-order valence-electron chi connectivity index (χ0n) is 46.0. The van der Waals surface area contributed by atoms with Crippen LogP contribution in [0.1, 0.15) is 109 Å². The summed E-state index contributed by atoms with van der Waals surface area (Å²) in [5, 5.41) is 12.9. The van der Waals surface area contributed by atoms with Crippen LogP contribution in [0.3, 0.4) is 0 Å². The predicted molar refractivity (Wildman–Crippen MR) is 302 cm³/mol. The number of unbranched alkanes of at least 4 members (excludes halogenated alkanes) is 1. The highest BCUT2D eigenvalue weighted by Crippen LogP contribution is 2.51. The Bertz CT molecular complexity index is 2780. The molecule has 17 nitrogen and oxygen atoms in total. The van der Waals surface area contributed by atoms with Crippen molar-refractivity contribution in [3.8, 4) is 23.3 Å². The van der Waals surface area contributed by atoms with Gasteiger partial charge in [-0.05, 0) is 93.1 Å². The van der Waals surface area contributed by atoms with Crippen LogP contribution in [-0.2, 0) is 38.4 Å². The van der Waals surface area contributed by atoms with Gasteiger partial charge in [-0.2, -0.15) is 10.2 Å². The average molecular weight is 1100 g/mol. The van der Waals surface area contributed by atoms with E-state index in [9.17, 15) is 14.9 Å². The molecule has 6 aromatic rings. The molecule has 4 aromatic carbocycles. The SMILES string of the molecule is CCCCC(CC)COC(=O)CCSc1nc(NC(=O)COc2ccccc2)nc2c1ncn2[C@H]1C[C@H](OP(OCCC#N)N(C(C)C)C(C)C)[C@@H](COC(c2ccccc2)(c2ccc(OC)cc2)c2ccc(OC)cc2)O1. The molecule has 0 saturated carbocycles. The van der Waals surface area contributed by atoms with Gasteiger partial charge in [-0.1, -0.05) is 106 Å². The van der Waals surface area contributed by atoms with Crippen molar-refractivity contribution in [3.05, 3.63) is 132 Å². The Labute approximate surface area is 464 Å². The third kappa shape index (κ3) is 15.6. The molecule has 0 spiro atoms. The maximum Gasteiger partial charge on any atom is 0.306 e. The quantitative estimate of drug-likeness (QED) is 0.0108. The minimum Gasteiger partial charge on any atom is -0.497 e. The van der Waals surface area contributed by atoms with Crippen LogP contribution in [0.25, 0.3) is 11.2 Å². The average Bonchev–Trinajstić information content (AvgIpc) is 4.15. The highest BCUT2D eigenvalue weighted by atomic mass is 32.2. The number of hydrogen-bond acceptors (Lipinski definition) is 16. The summed E-state index contributed by atoms with van der Waals surface area (Å²) in [5.74, 6) is 1.83. The second kappa shape index (κ2) is 29.7. The number of carbonyl (C=O) groups is 2. The van der Waals surface area contributed by atoms with Crippen molar-refractivity contribution in [2.75, 3.05) is 51.7 Å². The number of anilines is 1. The molecule has 1 saturated heterocycles. The highest BCUT2D eigenvalue weighted by Gasteiger charge is 2.45. The lowest BCUT2D eigenvalue weighted by Crippen LogP contribution is -2.39. The van der Waals surface area contributed by atoms with E-state index in [1.165, 1.54) is 11.8 Å². The molecule has 2 aromatic heterocycles. The Morgan fingerprint density at radius 2 is 1.53 bits per heavy atom. The predicted octanol–water partition coefficient (Wildman–Crippen LogP) is 12.1. The molecular formula is C59H74N7O10PS. The van der Waals surface area contributed by atoms with Gasteiger partial charge in [-0.25, -0.2) is 14.6 Å². The van der Waals surface area contributed by atoms with Crippen molar-refractivity contribution in [2.45, 2.75) is 128 Å². The Hall–Kier alpha value is -6.16. The number of thioether (sulfide) groups is 1. The number of esters is 1. The third-order valence-electron chi connectivity index (χ3n) is 13.3. The number of benzene rings is 4. The normalized spacial score (nSPS) is 16.3. The largest absolute Gasteiger partial charge is 0.497 e. The Balaban J connectivity index is 1.26. The minimum absolute atomic E-state index is 0.0222. The fourth-order valence-corrected chi connectivity index (χ4v) is 12.0. The number of nitrogens with zero attached hydrogens (tertiary/aromatic N) is 6. The van der Waals surface area contributed by atoms with E-state index in [-0.39, 0.29) is 56.7 Å².